The first-order chi connectivity index (χ1) is 8.79. The smallest absolute Gasteiger partial charge is 0.125 e. The van der Waals surface area contributed by atoms with Crippen LogP contribution in [0.5, 0.6) is 0 Å². The minimum Gasteiger partial charge on any atom is -0.328 e. The van der Waals surface area contributed by atoms with Gasteiger partial charge >= 0.3 is 0 Å². The third-order valence-electron chi connectivity index (χ3n) is 3.72. The first-order valence-corrected chi connectivity index (χ1v) is 6.66. The standard InChI is InChI=1S/C14H18FN3/c1-2-18-13-8-11(15)5-6-12(13)17-14(18)10-4-3-7-16-9-10/h5-6,8,10,16H,2-4,7,9H2,1H3. The Bertz CT molecular complexity index is 555. The average Bonchev–Trinajstić information content (AvgIpc) is 2.77. The molecule has 1 saturated heterocycles. The van der Waals surface area contributed by atoms with E-state index in [1.807, 2.05) is 0 Å². The van der Waals surface area contributed by atoms with Gasteiger partial charge in [-0.1, -0.05) is 0 Å². The fraction of sp³-hybridized carbons (Fsp3) is 0.500. The molecule has 0 radical (unpaired) electrons. The van der Waals surface area contributed by atoms with Crippen molar-refractivity contribution in [3.05, 3.63) is 29.8 Å². The van der Waals surface area contributed by atoms with Crippen molar-refractivity contribution < 1.29 is 4.39 Å². The van der Waals surface area contributed by atoms with Crippen LogP contribution in [0.1, 0.15) is 31.5 Å². The number of halogens is 1. The third-order valence-corrected chi connectivity index (χ3v) is 3.72. The van der Waals surface area contributed by atoms with Crippen LogP contribution in [0, 0.1) is 5.82 Å². The zero-order valence-corrected chi connectivity index (χ0v) is 10.6. The van der Waals surface area contributed by atoms with Crippen molar-refractivity contribution >= 4 is 11.0 Å². The van der Waals surface area contributed by atoms with E-state index < -0.39 is 0 Å². The topological polar surface area (TPSA) is 29.9 Å². The van der Waals surface area contributed by atoms with Crippen LogP contribution < -0.4 is 5.32 Å². The van der Waals surface area contributed by atoms with Crippen LogP contribution >= 0.6 is 0 Å². The van der Waals surface area contributed by atoms with Gasteiger partial charge < -0.3 is 9.88 Å². The molecule has 0 amide bonds. The highest BCUT2D eigenvalue weighted by Gasteiger charge is 2.21. The van der Waals surface area contributed by atoms with E-state index in [4.69, 9.17) is 4.98 Å². The number of fused-ring (bicyclic) bond motifs is 1. The van der Waals surface area contributed by atoms with Crippen molar-refractivity contribution in [1.29, 1.82) is 0 Å². The van der Waals surface area contributed by atoms with Crippen LogP contribution in [0.4, 0.5) is 4.39 Å². The van der Waals surface area contributed by atoms with Gasteiger partial charge in [0.1, 0.15) is 11.6 Å². The van der Waals surface area contributed by atoms with E-state index in [1.165, 1.54) is 18.9 Å². The highest BCUT2D eigenvalue weighted by Crippen LogP contribution is 2.27. The van der Waals surface area contributed by atoms with E-state index >= 15 is 0 Å². The van der Waals surface area contributed by atoms with Crippen molar-refractivity contribution in [3.8, 4) is 0 Å². The molecule has 0 bridgehead atoms. The summed E-state index contributed by atoms with van der Waals surface area (Å²) in [5.74, 6) is 1.37. The average molecular weight is 247 g/mol. The number of hydrogen-bond donors (Lipinski definition) is 1. The largest absolute Gasteiger partial charge is 0.328 e. The predicted octanol–water partition coefficient (Wildman–Crippen LogP) is 2.66. The molecule has 1 N–H and O–H groups in total. The molecule has 96 valence electrons. The molecule has 1 aliphatic heterocycles. The highest BCUT2D eigenvalue weighted by atomic mass is 19.1. The maximum atomic E-state index is 13.4. The number of nitrogens with zero attached hydrogens (tertiary/aromatic N) is 2. The minimum atomic E-state index is -0.189. The van der Waals surface area contributed by atoms with E-state index in [0.29, 0.717) is 5.92 Å². The summed E-state index contributed by atoms with van der Waals surface area (Å²) in [6.07, 6.45) is 2.35. The summed E-state index contributed by atoms with van der Waals surface area (Å²) in [4.78, 5) is 4.70. The molecule has 0 aliphatic carbocycles. The molecule has 0 spiro atoms. The Morgan fingerprint density at radius 2 is 2.39 bits per heavy atom. The summed E-state index contributed by atoms with van der Waals surface area (Å²) >= 11 is 0. The first kappa shape index (κ1) is 11.7. The normalized spacial score (nSPS) is 20.4. The molecule has 1 aromatic carbocycles. The van der Waals surface area contributed by atoms with Crippen LogP contribution in [0.25, 0.3) is 11.0 Å². The van der Waals surface area contributed by atoms with Gasteiger partial charge in [-0.05, 0) is 44.5 Å². The SMILES string of the molecule is CCn1c(C2CCCNC2)nc2ccc(F)cc21. The number of aromatic nitrogens is 2. The van der Waals surface area contributed by atoms with Crippen molar-refractivity contribution in [2.24, 2.45) is 0 Å². The van der Waals surface area contributed by atoms with Crippen LogP contribution in [-0.4, -0.2) is 22.6 Å². The van der Waals surface area contributed by atoms with Crippen LogP contribution in [0.3, 0.4) is 0 Å². The quantitative estimate of drug-likeness (QED) is 0.884. The van der Waals surface area contributed by atoms with Gasteiger partial charge in [0.25, 0.3) is 0 Å². The summed E-state index contributed by atoms with van der Waals surface area (Å²) in [6, 6.07) is 4.85. The maximum absolute atomic E-state index is 13.4. The second-order valence-corrected chi connectivity index (χ2v) is 4.89. The summed E-state index contributed by atoms with van der Waals surface area (Å²) < 4.78 is 15.5. The van der Waals surface area contributed by atoms with Gasteiger partial charge in [0, 0.05) is 19.0 Å². The maximum Gasteiger partial charge on any atom is 0.125 e. The number of imidazole rings is 1. The van der Waals surface area contributed by atoms with Crippen molar-refractivity contribution in [1.82, 2.24) is 14.9 Å². The van der Waals surface area contributed by atoms with Crippen molar-refractivity contribution in [3.63, 3.8) is 0 Å². The lowest BCUT2D eigenvalue weighted by atomic mass is 9.99. The molecule has 18 heavy (non-hydrogen) atoms. The Hall–Kier alpha value is -1.42. The van der Waals surface area contributed by atoms with E-state index in [1.54, 1.807) is 12.1 Å². The van der Waals surface area contributed by atoms with Gasteiger partial charge in [-0.2, -0.15) is 0 Å². The van der Waals surface area contributed by atoms with Crippen LogP contribution in [0.15, 0.2) is 18.2 Å². The third kappa shape index (κ3) is 1.90. The van der Waals surface area contributed by atoms with Crippen LogP contribution in [0.2, 0.25) is 0 Å². The molecule has 1 unspecified atom stereocenters. The van der Waals surface area contributed by atoms with Gasteiger partial charge in [-0.25, -0.2) is 9.37 Å². The Labute approximate surface area is 106 Å². The molecule has 2 heterocycles. The van der Waals surface area contributed by atoms with Gasteiger partial charge in [-0.3, -0.25) is 0 Å². The molecule has 1 fully saturated rings. The number of nitrogens with one attached hydrogen (secondary N) is 1. The monoisotopic (exact) mass is 247 g/mol. The van der Waals surface area contributed by atoms with Gasteiger partial charge in [0.05, 0.1) is 11.0 Å². The fourth-order valence-corrected chi connectivity index (χ4v) is 2.83. The lowest BCUT2D eigenvalue weighted by molar-refractivity contribution is 0.436. The molecule has 3 nitrogen and oxygen atoms in total. The number of benzene rings is 1. The molecular weight excluding hydrogens is 229 g/mol. The number of hydrogen-bond acceptors (Lipinski definition) is 2. The second-order valence-electron chi connectivity index (χ2n) is 4.89. The fourth-order valence-electron chi connectivity index (χ4n) is 2.83. The van der Waals surface area contributed by atoms with Gasteiger partial charge in [-0.15, -0.1) is 0 Å². The summed E-state index contributed by atoms with van der Waals surface area (Å²) in [5, 5.41) is 3.41. The lowest BCUT2D eigenvalue weighted by Crippen LogP contribution is -2.30. The first-order valence-electron chi connectivity index (χ1n) is 6.66. The highest BCUT2D eigenvalue weighted by molar-refractivity contribution is 5.76. The molecular formula is C14H18FN3. The molecule has 1 aromatic heterocycles. The lowest BCUT2D eigenvalue weighted by Gasteiger charge is -2.22. The van der Waals surface area contributed by atoms with Crippen molar-refractivity contribution in [2.75, 3.05) is 13.1 Å². The molecule has 1 atom stereocenters. The zero-order chi connectivity index (χ0) is 12.5. The Morgan fingerprint density at radius 1 is 1.50 bits per heavy atom. The van der Waals surface area contributed by atoms with Gasteiger partial charge in [0.2, 0.25) is 0 Å². The van der Waals surface area contributed by atoms with Gasteiger partial charge in [0.15, 0.2) is 0 Å². The van der Waals surface area contributed by atoms with E-state index in [-0.39, 0.29) is 5.82 Å². The molecule has 3 rings (SSSR count). The molecule has 0 saturated carbocycles. The number of piperidine rings is 1. The summed E-state index contributed by atoms with van der Waals surface area (Å²) in [7, 11) is 0. The Balaban J connectivity index is 2.10. The number of rotatable bonds is 2. The molecule has 4 heteroatoms. The van der Waals surface area contributed by atoms with E-state index in [2.05, 4.69) is 16.8 Å². The Kier molecular flexibility index (Phi) is 3.04. The molecule has 2 aromatic rings. The minimum absolute atomic E-state index is 0.189. The van der Waals surface area contributed by atoms with Crippen molar-refractivity contribution in [2.45, 2.75) is 32.2 Å². The predicted molar refractivity (Wildman–Crippen MR) is 70.2 cm³/mol. The van der Waals surface area contributed by atoms with E-state index in [9.17, 15) is 4.39 Å². The second kappa shape index (κ2) is 4.69. The zero-order valence-electron chi connectivity index (χ0n) is 10.6. The molecule has 1 aliphatic rings. The summed E-state index contributed by atoms with van der Waals surface area (Å²) in [5.41, 5.74) is 1.82. The summed E-state index contributed by atoms with van der Waals surface area (Å²) in [6.45, 7) is 5.00. The number of aryl methyl sites for hydroxylation is 1. The van der Waals surface area contributed by atoms with Crippen LogP contribution in [-0.2, 0) is 6.54 Å². The van der Waals surface area contributed by atoms with E-state index in [0.717, 1.165) is 36.5 Å². The Morgan fingerprint density at radius 3 is 3.11 bits per heavy atom.